The Bertz CT molecular complexity index is 523. The molecule has 0 bridgehead atoms. The molecule has 0 saturated carbocycles. The molecule has 4 nitrogen and oxygen atoms in total. The highest BCUT2D eigenvalue weighted by Crippen LogP contribution is 2.21. The zero-order valence-corrected chi connectivity index (χ0v) is 12.3. The molecule has 1 atom stereocenters. The quantitative estimate of drug-likeness (QED) is 0.795. The van der Waals surface area contributed by atoms with Crippen molar-refractivity contribution in [3.05, 3.63) is 32.7 Å². The van der Waals surface area contributed by atoms with Gasteiger partial charge in [-0.05, 0) is 34.1 Å². The molecule has 6 heteroatoms. The molecule has 0 fully saturated rings. The molecule has 0 saturated heterocycles. The molecule has 0 aliphatic rings. The largest absolute Gasteiger partial charge is 0.480 e. The monoisotopic (exact) mass is 373 g/mol. The second-order valence-corrected chi connectivity index (χ2v) is 5.17. The summed E-state index contributed by atoms with van der Waals surface area (Å²) >= 11 is 6.47. The van der Waals surface area contributed by atoms with Crippen molar-refractivity contribution in [2.24, 2.45) is 0 Å². The number of benzene rings is 1. The third-order valence-electron chi connectivity index (χ3n) is 2.10. The molecule has 1 aromatic rings. The van der Waals surface area contributed by atoms with Gasteiger partial charge in [-0.15, -0.1) is 12.3 Å². The van der Waals surface area contributed by atoms with Gasteiger partial charge in [-0.1, -0.05) is 15.9 Å². The van der Waals surface area contributed by atoms with Gasteiger partial charge in [0.2, 0.25) is 0 Å². The van der Waals surface area contributed by atoms with Crippen molar-refractivity contribution >= 4 is 43.7 Å². The number of carboxylic acid groups (broad SMARTS) is 1. The van der Waals surface area contributed by atoms with Gasteiger partial charge in [0.05, 0.1) is 5.56 Å². The summed E-state index contributed by atoms with van der Waals surface area (Å²) in [6.07, 6.45) is 4.99. The van der Waals surface area contributed by atoms with Crippen molar-refractivity contribution in [3.63, 3.8) is 0 Å². The third-order valence-corrected chi connectivity index (χ3v) is 3.28. The normalized spacial score (nSPS) is 11.4. The highest BCUT2D eigenvalue weighted by molar-refractivity contribution is 9.11. The number of carbonyl (C=O) groups excluding carboxylic acids is 1. The molecule has 0 aromatic heterocycles. The summed E-state index contributed by atoms with van der Waals surface area (Å²) in [6.45, 7) is 0. The molecule has 0 aliphatic heterocycles. The summed E-state index contributed by atoms with van der Waals surface area (Å²) < 4.78 is 1.30. The van der Waals surface area contributed by atoms with E-state index in [0.29, 0.717) is 10.0 Å². The Labute approximate surface area is 121 Å². The Hall–Kier alpha value is -1.32. The van der Waals surface area contributed by atoms with Gasteiger partial charge < -0.3 is 10.4 Å². The first-order valence-corrected chi connectivity index (χ1v) is 6.46. The van der Waals surface area contributed by atoms with E-state index in [9.17, 15) is 9.59 Å². The third kappa shape index (κ3) is 3.86. The van der Waals surface area contributed by atoms with E-state index >= 15 is 0 Å². The number of amides is 1. The molecule has 1 rings (SSSR count). The number of rotatable bonds is 4. The second-order valence-electron chi connectivity index (χ2n) is 3.40. The molecule has 0 aliphatic carbocycles. The van der Waals surface area contributed by atoms with E-state index in [2.05, 4.69) is 43.1 Å². The number of carbonyl (C=O) groups is 2. The number of halogens is 2. The molecule has 1 unspecified atom stereocenters. The smallest absolute Gasteiger partial charge is 0.327 e. The Kier molecular flexibility index (Phi) is 5.38. The van der Waals surface area contributed by atoms with E-state index in [1.54, 1.807) is 18.2 Å². The van der Waals surface area contributed by atoms with Gasteiger partial charge in [0, 0.05) is 15.4 Å². The molecule has 2 N–H and O–H groups in total. The fraction of sp³-hybridized carbons (Fsp3) is 0.167. The maximum atomic E-state index is 11.9. The topological polar surface area (TPSA) is 66.4 Å². The van der Waals surface area contributed by atoms with Crippen LogP contribution in [-0.2, 0) is 4.79 Å². The minimum Gasteiger partial charge on any atom is -0.480 e. The number of nitrogens with one attached hydrogen (secondary N) is 1. The number of aliphatic carboxylic acids is 1. The molecule has 0 heterocycles. The summed E-state index contributed by atoms with van der Waals surface area (Å²) in [6, 6.07) is 3.95. The maximum Gasteiger partial charge on any atom is 0.327 e. The van der Waals surface area contributed by atoms with Crippen LogP contribution in [-0.4, -0.2) is 23.0 Å². The lowest BCUT2D eigenvalue weighted by atomic mass is 10.1. The molecular formula is C12H9Br2NO3. The van der Waals surface area contributed by atoms with Crippen molar-refractivity contribution < 1.29 is 14.7 Å². The molecule has 0 radical (unpaired) electrons. The van der Waals surface area contributed by atoms with Crippen LogP contribution in [0.25, 0.3) is 0 Å². The van der Waals surface area contributed by atoms with E-state index < -0.39 is 17.9 Å². The summed E-state index contributed by atoms with van der Waals surface area (Å²) in [5.41, 5.74) is 0.340. The fourth-order valence-corrected chi connectivity index (χ4v) is 2.01. The van der Waals surface area contributed by atoms with E-state index in [1.165, 1.54) is 0 Å². The van der Waals surface area contributed by atoms with Crippen LogP contribution < -0.4 is 5.32 Å². The van der Waals surface area contributed by atoms with Crippen LogP contribution >= 0.6 is 31.9 Å². The number of hydrogen-bond acceptors (Lipinski definition) is 2. The van der Waals surface area contributed by atoms with Gasteiger partial charge in [-0.3, -0.25) is 4.79 Å². The van der Waals surface area contributed by atoms with Gasteiger partial charge in [0.15, 0.2) is 0 Å². The lowest BCUT2D eigenvalue weighted by Crippen LogP contribution is -2.40. The average molecular weight is 375 g/mol. The maximum absolute atomic E-state index is 11.9. The van der Waals surface area contributed by atoms with Crippen LogP contribution in [0.1, 0.15) is 16.8 Å². The van der Waals surface area contributed by atoms with Crippen LogP contribution in [0.4, 0.5) is 0 Å². The van der Waals surface area contributed by atoms with Crippen molar-refractivity contribution in [2.45, 2.75) is 12.5 Å². The van der Waals surface area contributed by atoms with Crippen LogP contribution in [0.3, 0.4) is 0 Å². The van der Waals surface area contributed by atoms with Crippen molar-refractivity contribution in [3.8, 4) is 12.3 Å². The van der Waals surface area contributed by atoms with Crippen LogP contribution in [0.5, 0.6) is 0 Å². The summed E-state index contributed by atoms with van der Waals surface area (Å²) in [4.78, 5) is 22.8. The Morgan fingerprint density at radius 2 is 2.11 bits per heavy atom. The molecule has 1 amide bonds. The molecule has 1 aromatic carbocycles. The van der Waals surface area contributed by atoms with Gasteiger partial charge in [0.1, 0.15) is 6.04 Å². The summed E-state index contributed by atoms with van der Waals surface area (Å²) in [7, 11) is 0. The average Bonchev–Trinajstić information content (AvgIpc) is 2.31. The second kappa shape index (κ2) is 6.57. The summed E-state index contributed by atoms with van der Waals surface area (Å²) in [5.74, 6) is 0.561. The standard InChI is InChI=1S/C12H9Br2NO3/c1-2-3-10(12(17)18)15-11(16)8-6-7(13)4-5-9(8)14/h1,4-6,10H,3H2,(H,15,16)(H,17,18). The number of carboxylic acids is 1. The number of terminal acetylenes is 1. The highest BCUT2D eigenvalue weighted by Gasteiger charge is 2.20. The fourth-order valence-electron chi connectivity index (χ4n) is 1.23. The van der Waals surface area contributed by atoms with Gasteiger partial charge in [-0.25, -0.2) is 4.79 Å². The van der Waals surface area contributed by atoms with E-state index in [0.717, 1.165) is 4.47 Å². The zero-order chi connectivity index (χ0) is 13.7. The Balaban J connectivity index is 2.91. The van der Waals surface area contributed by atoms with E-state index in [-0.39, 0.29) is 6.42 Å². The minimum atomic E-state index is -1.16. The molecule has 94 valence electrons. The van der Waals surface area contributed by atoms with Crippen LogP contribution in [0, 0.1) is 12.3 Å². The molecule has 18 heavy (non-hydrogen) atoms. The van der Waals surface area contributed by atoms with Crippen molar-refractivity contribution in [1.82, 2.24) is 5.32 Å². The van der Waals surface area contributed by atoms with E-state index in [1.807, 2.05) is 0 Å². The first kappa shape index (κ1) is 14.7. The van der Waals surface area contributed by atoms with E-state index in [4.69, 9.17) is 11.5 Å². The van der Waals surface area contributed by atoms with Crippen molar-refractivity contribution in [2.75, 3.05) is 0 Å². The number of hydrogen-bond donors (Lipinski definition) is 2. The Morgan fingerprint density at radius 3 is 2.67 bits per heavy atom. The lowest BCUT2D eigenvalue weighted by molar-refractivity contribution is -0.139. The van der Waals surface area contributed by atoms with Gasteiger partial charge >= 0.3 is 5.97 Å². The molecule has 0 spiro atoms. The Morgan fingerprint density at radius 1 is 1.44 bits per heavy atom. The van der Waals surface area contributed by atoms with Gasteiger partial charge in [-0.2, -0.15) is 0 Å². The predicted octanol–water partition coefficient (Wildman–Crippen LogP) is 2.42. The van der Waals surface area contributed by atoms with Crippen LogP contribution in [0.15, 0.2) is 27.1 Å². The highest BCUT2D eigenvalue weighted by atomic mass is 79.9. The molecular weight excluding hydrogens is 366 g/mol. The minimum absolute atomic E-state index is 0.0628. The SMILES string of the molecule is C#CCC(NC(=O)c1cc(Br)ccc1Br)C(=O)O. The van der Waals surface area contributed by atoms with Gasteiger partial charge in [0.25, 0.3) is 5.91 Å². The van der Waals surface area contributed by atoms with Crippen LogP contribution in [0.2, 0.25) is 0 Å². The first-order chi connectivity index (χ1) is 8.45. The van der Waals surface area contributed by atoms with Crippen molar-refractivity contribution in [1.29, 1.82) is 0 Å². The zero-order valence-electron chi connectivity index (χ0n) is 9.11. The predicted molar refractivity (Wildman–Crippen MR) is 74.2 cm³/mol. The first-order valence-electron chi connectivity index (χ1n) is 4.88. The lowest BCUT2D eigenvalue weighted by Gasteiger charge is -2.12. The summed E-state index contributed by atoms with van der Waals surface area (Å²) in [5, 5.41) is 11.3.